The summed E-state index contributed by atoms with van der Waals surface area (Å²) < 4.78 is 7.19. The number of aryl methyl sites for hydroxylation is 2. The van der Waals surface area contributed by atoms with Crippen molar-refractivity contribution in [2.24, 2.45) is 0 Å². The third-order valence-electron chi connectivity index (χ3n) is 5.15. The van der Waals surface area contributed by atoms with Crippen LogP contribution in [-0.2, 0) is 17.6 Å². The Labute approximate surface area is 190 Å². The predicted octanol–water partition coefficient (Wildman–Crippen LogP) is 4.34. The Morgan fingerprint density at radius 1 is 1.26 bits per heavy atom. The number of thioether (sulfide) groups is 1. The molecule has 1 aliphatic rings. The summed E-state index contributed by atoms with van der Waals surface area (Å²) in [5, 5.41) is 4.18. The molecule has 3 aromatic rings. The molecular weight excluding hydrogens is 430 g/mol. The molecule has 0 radical (unpaired) electrons. The van der Waals surface area contributed by atoms with Crippen LogP contribution in [0, 0.1) is 0 Å². The van der Waals surface area contributed by atoms with Gasteiger partial charge in [-0.05, 0) is 76.3 Å². The summed E-state index contributed by atoms with van der Waals surface area (Å²) in [5.41, 5.74) is 1.84. The highest BCUT2D eigenvalue weighted by molar-refractivity contribution is 7.99. The molecule has 164 valence electrons. The minimum absolute atomic E-state index is 0.0553. The summed E-state index contributed by atoms with van der Waals surface area (Å²) in [6.45, 7) is 6.38. The number of benzene rings is 1. The summed E-state index contributed by atoms with van der Waals surface area (Å²) in [7, 11) is 0. The number of rotatable bonds is 7. The zero-order valence-corrected chi connectivity index (χ0v) is 19.7. The van der Waals surface area contributed by atoms with Crippen molar-refractivity contribution in [2.75, 3.05) is 12.4 Å². The number of nitrogens with one attached hydrogen (secondary N) is 1. The van der Waals surface area contributed by atoms with Crippen LogP contribution in [0.2, 0.25) is 0 Å². The number of hydrogen-bond acceptors (Lipinski definition) is 6. The molecule has 0 atom stereocenters. The number of hydrogen-bond donors (Lipinski definition) is 1. The van der Waals surface area contributed by atoms with Crippen molar-refractivity contribution in [1.29, 1.82) is 0 Å². The molecule has 0 spiro atoms. The molecule has 2 aromatic heterocycles. The van der Waals surface area contributed by atoms with Gasteiger partial charge in [-0.1, -0.05) is 11.8 Å². The van der Waals surface area contributed by atoms with Gasteiger partial charge in [0.2, 0.25) is 5.91 Å². The monoisotopic (exact) mass is 457 g/mol. The molecular formula is C23H27N3O3S2. The van der Waals surface area contributed by atoms with E-state index in [1.165, 1.54) is 16.6 Å². The summed E-state index contributed by atoms with van der Waals surface area (Å²) in [5.74, 6) is 0.892. The zero-order valence-electron chi connectivity index (χ0n) is 18.1. The maximum atomic E-state index is 13.7. The quantitative estimate of drug-likeness (QED) is 0.422. The van der Waals surface area contributed by atoms with E-state index in [0.29, 0.717) is 11.8 Å². The first-order valence-corrected chi connectivity index (χ1v) is 12.5. The highest BCUT2D eigenvalue weighted by Gasteiger charge is 2.23. The number of nitrogens with zero attached hydrogens (tertiary/aromatic N) is 2. The summed E-state index contributed by atoms with van der Waals surface area (Å²) in [6, 6.07) is 7.53. The number of amides is 1. The van der Waals surface area contributed by atoms with Crippen molar-refractivity contribution in [3.8, 4) is 11.4 Å². The lowest BCUT2D eigenvalue weighted by Crippen LogP contribution is -2.32. The standard InChI is InChI=1S/C23H27N3O3S2/c1-4-29-16-11-9-15(10-12-16)26-22(28)20-17-7-5-6-8-18(17)31-21(20)25-23(26)30-13-19(27)24-14(2)3/h9-12,14H,4-8,13H2,1-3H3,(H,24,27). The molecule has 0 bridgehead atoms. The van der Waals surface area contributed by atoms with Crippen molar-refractivity contribution in [1.82, 2.24) is 14.9 Å². The molecule has 4 rings (SSSR count). The number of carbonyl (C=O) groups excluding carboxylic acids is 1. The van der Waals surface area contributed by atoms with Gasteiger partial charge in [-0.2, -0.15) is 0 Å². The highest BCUT2D eigenvalue weighted by atomic mass is 32.2. The van der Waals surface area contributed by atoms with Crippen LogP contribution in [0.15, 0.2) is 34.2 Å². The third kappa shape index (κ3) is 4.65. The van der Waals surface area contributed by atoms with E-state index in [4.69, 9.17) is 9.72 Å². The summed E-state index contributed by atoms with van der Waals surface area (Å²) >= 11 is 2.92. The van der Waals surface area contributed by atoms with Gasteiger partial charge in [-0.25, -0.2) is 4.98 Å². The fraction of sp³-hybridized carbons (Fsp3) is 0.435. The Bertz CT molecular complexity index is 1150. The van der Waals surface area contributed by atoms with Gasteiger partial charge in [0, 0.05) is 10.9 Å². The number of carbonyl (C=O) groups is 1. The van der Waals surface area contributed by atoms with Crippen LogP contribution in [0.4, 0.5) is 0 Å². The molecule has 31 heavy (non-hydrogen) atoms. The molecule has 1 aliphatic carbocycles. The molecule has 8 heteroatoms. The van der Waals surface area contributed by atoms with Gasteiger partial charge in [0.15, 0.2) is 5.16 Å². The van der Waals surface area contributed by atoms with Crippen molar-refractivity contribution >= 4 is 39.2 Å². The van der Waals surface area contributed by atoms with Gasteiger partial charge in [0.1, 0.15) is 10.6 Å². The van der Waals surface area contributed by atoms with Crippen LogP contribution in [0.25, 0.3) is 15.9 Å². The Morgan fingerprint density at radius 3 is 2.71 bits per heavy atom. The van der Waals surface area contributed by atoms with Crippen LogP contribution >= 0.6 is 23.1 Å². The van der Waals surface area contributed by atoms with E-state index in [1.807, 2.05) is 45.0 Å². The minimum atomic E-state index is -0.0712. The van der Waals surface area contributed by atoms with Crippen molar-refractivity contribution in [3.63, 3.8) is 0 Å². The maximum absolute atomic E-state index is 13.7. The third-order valence-corrected chi connectivity index (χ3v) is 7.27. The maximum Gasteiger partial charge on any atom is 0.267 e. The number of thiophene rings is 1. The largest absolute Gasteiger partial charge is 0.494 e. The topological polar surface area (TPSA) is 73.2 Å². The Morgan fingerprint density at radius 2 is 2.00 bits per heavy atom. The average molecular weight is 458 g/mol. The molecule has 0 aliphatic heterocycles. The molecule has 0 saturated heterocycles. The lowest BCUT2D eigenvalue weighted by molar-refractivity contribution is -0.119. The van der Waals surface area contributed by atoms with Gasteiger partial charge in [-0.15, -0.1) is 11.3 Å². The first-order chi connectivity index (χ1) is 15.0. The van der Waals surface area contributed by atoms with Crippen molar-refractivity contribution in [3.05, 3.63) is 45.1 Å². The van der Waals surface area contributed by atoms with Gasteiger partial charge in [0.05, 0.1) is 23.4 Å². The fourth-order valence-electron chi connectivity index (χ4n) is 3.86. The SMILES string of the molecule is CCOc1ccc(-n2c(SCC(=O)NC(C)C)nc3sc4c(c3c2=O)CCCC4)cc1. The number of ether oxygens (including phenoxy) is 1. The molecule has 1 aromatic carbocycles. The number of fused-ring (bicyclic) bond motifs is 3. The second-order valence-corrected chi connectivity index (χ2v) is 9.89. The molecule has 1 N–H and O–H groups in total. The predicted molar refractivity (Wildman–Crippen MR) is 127 cm³/mol. The van der Waals surface area contributed by atoms with Gasteiger partial charge >= 0.3 is 0 Å². The van der Waals surface area contributed by atoms with Crippen molar-refractivity contribution in [2.45, 2.75) is 57.7 Å². The minimum Gasteiger partial charge on any atom is -0.494 e. The van der Waals surface area contributed by atoms with E-state index in [-0.39, 0.29) is 23.3 Å². The summed E-state index contributed by atoms with van der Waals surface area (Å²) in [6.07, 6.45) is 4.20. The van der Waals surface area contributed by atoms with Crippen LogP contribution in [0.1, 0.15) is 44.1 Å². The van der Waals surface area contributed by atoms with Crippen LogP contribution < -0.4 is 15.6 Å². The molecule has 0 unspecified atom stereocenters. The van der Waals surface area contributed by atoms with E-state index < -0.39 is 0 Å². The molecule has 6 nitrogen and oxygen atoms in total. The van der Waals surface area contributed by atoms with E-state index in [2.05, 4.69) is 5.32 Å². The lowest BCUT2D eigenvalue weighted by atomic mass is 9.97. The zero-order chi connectivity index (χ0) is 22.0. The second-order valence-electron chi connectivity index (χ2n) is 7.86. The summed E-state index contributed by atoms with van der Waals surface area (Å²) in [4.78, 5) is 32.9. The first-order valence-electron chi connectivity index (χ1n) is 10.7. The van der Waals surface area contributed by atoms with Crippen LogP contribution in [0.3, 0.4) is 0 Å². The van der Waals surface area contributed by atoms with Gasteiger partial charge < -0.3 is 10.1 Å². The molecule has 0 saturated carbocycles. The molecule has 0 fully saturated rings. The van der Waals surface area contributed by atoms with Crippen molar-refractivity contribution < 1.29 is 9.53 Å². The van der Waals surface area contributed by atoms with Crippen LogP contribution in [-0.4, -0.2) is 33.9 Å². The Kier molecular flexibility index (Phi) is 6.67. The highest BCUT2D eigenvalue weighted by Crippen LogP contribution is 2.35. The smallest absolute Gasteiger partial charge is 0.267 e. The van der Waals surface area contributed by atoms with E-state index in [9.17, 15) is 9.59 Å². The van der Waals surface area contributed by atoms with Gasteiger partial charge in [0.25, 0.3) is 5.56 Å². The first kappa shape index (κ1) is 21.9. The normalized spacial score (nSPS) is 13.4. The van der Waals surface area contributed by atoms with E-state index in [0.717, 1.165) is 52.9 Å². The molecule has 1 amide bonds. The second kappa shape index (κ2) is 9.44. The lowest BCUT2D eigenvalue weighted by Gasteiger charge is -2.14. The van der Waals surface area contributed by atoms with Gasteiger partial charge in [-0.3, -0.25) is 14.2 Å². The van der Waals surface area contributed by atoms with E-state index in [1.54, 1.807) is 15.9 Å². The Hall–Kier alpha value is -2.32. The average Bonchev–Trinajstić information content (AvgIpc) is 3.11. The molecule has 2 heterocycles. The van der Waals surface area contributed by atoms with E-state index >= 15 is 0 Å². The number of aromatic nitrogens is 2. The van der Waals surface area contributed by atoms with Crippen LogP contribution in [0.5, 0.6) is 5.75 Å². The fourth-order valence-corrected chi connectivity index (χ4v) is 5.99. The Balaban J connectivity index is 1.80.